The van der Waals surface area contributed by atoms with Crippen LogP contribution in [0.1, 0.15) is 124 Å². The molecule has 3 N–H and O–H groups in total. The number of alkyl halides is 3. The van der Waals surface area contributed by atoms with Crippen LogP contribution >= 0.6 is 0 Å². The number of nitrogens with zero attached hydrogens (tertiary/aromatic N) is 5. The summed E-state index contributed by atoms with van der Waals surface area (Å²) in [5.41, 5.74) is 4.55. The summed E-state index contributed by atoms with van der Waals surface area (Å²) in [5, 5.41) is 15.2. The number of piperazine rings is 1. The number of aliphatic hydroxyl groups excluding tert-OH is 1. The highest BCUT2D eigenvalue weighted by Gasteiger charge is 2.47. The van der Waals surface area contributed by atoms with Gasteiger partial charge in [0.05, 0.1) is 42.0 Å². The Hall–Kier alpha value is -6.75. The van der Waals surface area contributed by atoms with Gasteiger partial charge in [0, 0.05) is 69.4 Å². The number of halogens is 4. The third-order valence-corrected chi connectivity index (χ3v) is 22.3. The largest absolute Gasteiger partial charge is 0.543 e. The van der Waals surface area contributed by atoms with E-state index in [1.807, 2.05) is 35.2 Å². The van der Waals surface area contributed by atoms with Crippen LogP contribution in [0.3, 0.4) is 0 Å². The Morgan fingerprint density at radius 2 is 1.50 bits per heavy atom. The Labute approximate surface area is 504 Å². The molecule has 0 bridgehead atoms. The summed E-state index contributed by atoms with van der Waals surface area (Å²) in [6.45, 7) is 22.8. The summed E-state index contributed by atoms with van der Waals surface area (Å²) in [6, 6.07) is 16.8. The molecule has 22 heteroatoms. The minimum Gasteiger partial charge on any atom is -0.543 e. The van der Waals surface area contributed by atoms with E-state index >= 15 is 17.6 Å². The van der Waals surface area contributed by atoms with E-state index in [-0.39, 0.29) is 76.9 Å². The van der Waals surface area contributed by atoms with Gasteiger partial charge in [0.2, 0.25) is 0 Å². The number of ether oxygens (including phenoxy) is 4. The number of esters is 1. The van der Waals surface area contributed by atoms with Crippen molar-refractivity contribution in [3.05, 3.63) is 101 Å². The van der Waals surface area contributed by atoms with Gasteiger partial charge >= 0.3 is 24.3 Å². The second-order valence-corrected chi connectivity index (χ2v) is 30.8. The lowest BCUT2D eigenvalue weighted by atomic mass is 9.84. The van der Waals surface area contributed by atoms with Gasteiger partial charge in [0.25, 0.3) is 14.2 Å². The highest BCUT2D eigenvalue weighted by Crippen LogP contribution is 2.47. The average molecular weight is 1220 g/mol. The van der Waals surface area contributed by atoms with Crippen LogP contribution in [0.2, 0.25) is 16.6 Å². The third kappa shape index (κ3) is 15.9. The summed E-state index contributed by atoms with van der Waals surface area (Å²) in [5.74, 6) is -1.64. The quantitative estimate of drug-likeness (QED) is 0.0273. The van der Waals surface area contributed by atoms with Crippen molar-refractivity contribution in [3.63, 3.8) is 0 Å². The molecule has 2 aliphatic heterocycles. The molecule has 17 nitrogen and oxygen atoms in total. The van der Waals surface area contributed by atoms with Crippen molar-refractivity contribution in [3.8, 4) is 28.1 Å². The summed E-state index contributed by atoms with van der Waals surface area (Å²) in [4.78, 5) is 62.8. The zero-order valence-corrected chi connectivity index (χ0v) is 53.2. The van der Waals surface area contributed by atoms with Crippen molar-refractivity contribution >= 4 is 49.0 Å². The van der Waals surface area contributed by atoms with E-state index < -0.39 is 80.1 Å². The number of carbonyl (C=O) groups is 4. The first kappa shape index (κ1) is 66.8. The van der Waals surface area contributed by atoms with Gasteiger partial charge in [-0.25, -0.2) is 19.4 Å². The molecule has 3 aromatic carbocycles. The molecule has 7 rings (SSSR count). The first-order valence-electron chi connectivity index (χ1n) is 29.6. The van der Waals surface area contributed by atoms with E-state index in [1.54, 1.807) is 83.0 Å². The molecule has 0 radical (unpaired) electrons. The van der Waals surface area contributed by atoms with E-state index in [1.165, 1.54) is 19.2 Å². The van der Waals surface area contributed by atoms with Gasteiger partial charge in [-0.3, -0.25) is 19.6 Å². The Morgan fingerprint density at radius 3 is 2.09 bits per heavy atom. The second-order valence-electron chi connectivity index (χ2n) is 25.4. The molecule has 3 amide bonds. The number of alkyl carbamates (subject to hydrolysis) is 1. The zero-order valence-electron chi connectivity index (χ0n) is 52.2. The molecule has 0 unspecified atom stereocenters. The highest BCUT2D eigenvalue weighted by atomic mass is 28.4. The van der Waals surface area contributed by atoms with Gasteiger partial charge in [0.1, 0.15) is 42.4 Å². The van der Waals surface area contributed by atoms with Crippen molar-refractivity contribution in [2.75, 3.05) is 58.5 Å². The van der Waals surface area contributed by atoms with E-state index in [2.05, 4.69) is 52.3 Å². The second kappa shape index (κ2) is 27.5. The van der Waals surface area contributed by atoms with E-state index in [0.29, 0.717) is 72.8 Å². The number of rotatable bonds is 21. The van der Waals surface area contributed by atoms with Crippen LogP contribution in [0.5, 0.6) is 5.75 Å². The van der Waals surface area contributed by atoms with Crippen molar-refractivity contribution in [2.45, 2.75) is 169 Å². The molecule has 0 aliphatic carbocycles. The summed E-state index contributed by atoms with van der Waals surface area (Å²) < 4.78 is 94.3. The van der Waals surface area contributed by atoms with Crippen LogP contribution in [0, 0.1) is 11.2 Å². The number of benzene rings is 3. The molecular formula is C64H87F4N7O10Si. The highest BCUT2D eigenvalue weighted by molar-refractivity contribution is 6.78. The van der Waals surface area contributed by atoms with Crippen molar-refractivity contribution in [1.82, 2.24) is 30.2 Å². The first-order valence-corrected chi connectivity index (χ1v) is 31.8. The Bertz CT molecular complexity index is 3170. The van der Waals surface area contributed by atoms with Crippen LogP contribution in [0.4, 0.5) is 32.8 Å². The number of hydrogen-bond acceptors (Lipinski definition) is 13. The summed E-state index contributed by atoms with van der Waals surface area (Å²) >= 11 is 0. The van der Waals surface area contributed by atoms with Gasteiger partial charge in [-0.05, 0) is 122 Å². The number of aromatic nitrogens is 2. The molecule has 4 heterocycles. The predicted molar refractivity (Wildman–Crippen MR) is 325 cm³/mol. The van der Waals surface area contributed by atoms with E-state index in [4.69, 9.17) is 28.4 Å². The Kier molecular flexibility index (Phi) is 21.4. The van der Waals surface area contributed by atoms with E-state index in [0.717, 1.165) is 16.2 Å². The van der Waals surface area contributed by atoms with Gasteiger partial charge in [-0.15, -0.1) is 0 Å². The molecule has 2 fully saturated rings. The molecule has 86 heavy (non-hydrogen) atoms. The van der Waals surface area contributed by atoms with Crippen LogP contribution in [-0.2, 0) is 54.5 Å². The predicted octanol–water partition coefficient (Wildman–Crippen LogP) is 12.5. The van der Waals surface area contributed by atoms with Gasteiger partial charge in [-0.2, -0.15) is 13.2 Å². The molecule has 470 valence electrons. The molecule has 2 saturated heterocycles. The lowest BCUT2D eigenvalue weighted by Crippen LogP contribution is -2.60. The number of aliphatic hydroxyl groups is 1. The number of fused-ring (bicyclic) bond motifs is 1. The summed E-state index contributed by atoms with van der Waals surface area (Å²) in [6.07, 6.45) is -4.56. The van der Waals surface area contributed by atoms with Crippen LogP contribution < -0.4 is 20.1 Å². The maximum absolute atomic E-state index is 17.8. The minimum atomic E-state index is -4.81. The molecule has 2 aromatic heterocycles. The van der Waals surface area contributed by atoms with Crippen LogP contribution in [0.15, 0.2) is 72.9 Å². The number of pyridine rings is 1. The molecule has 0 spiro atoms. The molecule has 5 aromatic rings. The minimum absolute atomic E-state index is 0.00740. The first-order chi connectivity index (χ1) is 40.4. The number of methoxy groups -OCH3 is 2. The topological polar surface area (TPSA) is 186 Å². The summed E-state index contributed by atoms with van der Waals surface area (Å²) in [7, 11) is -0.0600. The fraction of sp³-hybridized carbons (Fsp3) is 0.547. The van der Waals surface area contributed by atoms with Gasteiger partial charge in [0.15, 0.2) is 0 Å². The molecule has 3 atom stereocenters. The smallest absolute Gasteiger partial charge is 0.410 e. The van der Waals surface area contributed by atoms with E-state index in [9.17, 15) is 24.3 Å². The number of amides is 3. The zero-order chi connectivity index (χ0) is 63.2. The van der Waals surface area contributed by atoms with Crippen molar-refractivity contribution in [1.29, 1.82) is 0 Å². The standard InChI is InChI=1S/C64H87F4N7O10Si/c1-39(2)86(40(3)4,41(5)6)85-47-28-44(29-54(70-60(79)84-62(8,9)10)58(77)75-22-18-21-53(71-75)59(78)82-14)27-45(30-47)48-32-49-51(34-63(11,12)38-76)57(74(37-64(66,67)68)55(49)33-52(48)65)50-31-46(35-69-56(50)42(7)81-13)72-23-25-73(26-24-72)61(80)83-36-43-19-16-15-17-20-43/h15-17,19-20,27-28,30-33,35,39-42,53-54,71,76H,18,21-26,29,34,36-38H2,1-14H3,(H,70,79)/t42-,53-,54-/m0/s1. The van der Waals surface area contributed by atoms with Crippen molar-refractivity contribution in [2.24, 2.45) is 5.41 Å². The molecule has 2 aliphatic rings. The number of carbonyl (C=O) groups excluding carboxylic acids is 4. The number of hydrazine groups is 1. The maximum Gasteiger partial charge on any atom is 0.410 e. The lowest BCUT2D eigenvalue weighted by molar-refractivity contribution is -0.150. The monoisotopic (exact) mass is 1220 g/mol. The Morgan fingerprint density at radius 1 is 0.837 bits per heavy atom. The third-order valence-electron chi connectivity index (χ3n) is 16.3. The number of anilines is 1. The SMILES string of the molecule is COC(=O)[C@@H]1CCCN(C(=O)[C@H](Cc2cc(O[Si](C(C)C)(C(C)C)C(C)C)cc(-c3cc4c(CC(C)(C)CO)c(-c5cc(N6CCN(C(=O)OCc7ccccc7)CC6)cnc5[C@H](C)OC)n(CC(F)(F)F)c4cc3F)c2)NC(=O)OC(C)(C)C)N1. The van der Waals surface area contributed by atoms with Gasteiger partial charge in [-0.1, -0.05) is 91.8 Å². The fourth-order valence-electron chi connectivity index (χ4n) is 12.1. The normalized spacial score (nSPS) is 16.2. The molecular weight excluding hydrogens is 1130 g/mol. The number of hydrogen-bond donors (Lipinski definition) is 3. The average Bonchev–Trinajstić information content (AvgIpc) is 1.85. The van der Waals surface area contributed by atoms with Crippen LogP contribution in [-0.4, -0.2) is 134 Å². The Balaban J connectivity index is 1.42. The molecule has 0 saturated carbocycles. The lowest BCUT2D eigenvalue weighted by Gasteiger charge is -2.42. The number of nitrogens with one attached hydrogen (secondary N) is 2. The van der Waals surface area contributed by atoms with Gasteiger partial charge < -0.3 is 48.2 Å². The maximum atomic E-state index is 17.8. The van der Waals surface area contributed by atoms with Crippen molar-refractivity contribution < 1.29 is 65.2 Å². The fourth-order valence-corrected chi connectivity index (χ4v) is 17.4. The van der Waals surface area contributed by atoms with Crippen LogP contribution in [0.25, 0.3) is 33.3 Å².